The van der Waals surface area contributed by atoms with Crippen molar-refractivity contribution in [2.75, 3.05) is 18.5 Å². The molecule has 0 spiro atoms. The van der Waals surface area contributed by atoms with Crippen LogP contribution in [-0.4, -0.2) is 19.1 Å². The molecule has 1 fully saturated rings. The zero-order valence-electron chi connectivity index (χ0n) is 11.3. The number of ether oxygens (including phenoxy) is 1. The second-order valence-corrected chi connectivity index (χ2v) is 5.94. The lowest BCUT2D eigenvalue weighted by Gasteiger charge is -2.38. The van der Waals surface area contributed by atoms with Crippen LogP contribution in [0.25, 0.3) is 0 Å². The zero-order valence-corrected chi connectivity index (χ0v) is 11.3. The first-order valence-electron chi connectivity index (χ1n) is 6.91. The van der Waals surface area contributed by atoms with Gasteiger partial charge >= 0.3 is 0 Å². The monoisotopic (exact) mass is 260 g/mol. The Hall–Kier alpha value is -1.55. The molecule has 1 heterocycles. The third kappa shape index (κ3) is 2.73. The number of carbonyl (C=O) groups is 1. The maximum Gasteiger partial charge on any atom is 0.262 e. The van der Waals surface area contributed by atoms with E-state index in [2.05, 4.69) is 17.6 Å². The SMILES string of the molecule is CC1(CNCc2ccc3c(c2)NC(=O)CO3)CCC1. The fourth-order valence-corrected chi connectivity index (χ4v) is 2.71. The number of amides is 1. The van der Waals surface area contributed by atoms with Crippen LogP contribution in [0.15, 0.2) is 18.2 Å². The van der Waals surface area contributed by atoms with E-state index >= 15 is 0 Å². The lowest BCUT2D eigenvalue weighted by molar-refractivity contribution is -0.118. The van der Waals surface area contributed by atoms with Gasteiger partial charge in [-0.2, -0.15) is 0 Å². The molecule has 0 bridgehead atoms. The van der Waals surface area contributed by atoms with Crippen LogP contribution in [0.3, 0.4) is 0 Å². The van der Waals surface area contributed by atoms with Crippen LogP contribution in [-0.2, 0) is 11.3 Å². The van der Waals surface area contributed by atoms with Gasteiger partial charge in [0.2, 0.25) is 0 Å². The van der Waals surface area contributed by atoms with E-state index < -0.39 is 0 Å². The van der Waals surface area contributed by atoms with Crippen molar-refractivity contribution in [3.05, 3.63) is 23.8 Å². The maximum absolute atomic E-state index is 11.3. The van der Waals surface area contributed by atoms with Crippen molar-refractivity contribution >= 4 is 11.6 Å². The highest BCUT2D eigenvalue weighted by Crippen LogP contribution is 2.39. The Bertz CT molecular complexity index is 495. The van der Waals surface area contributed by atoms with Gasteiger partial charge in [-0.3, -0.25) is 4.79 Å². The highest BCUT2D eigenvalue weighted by atomic mass is 16.5. The first kappa shape index (κ1) is 12.5. The summed E-state index contributed by atoms with van der Waals surface area (Å²) in [6.07, 6.45) is 4.02. The number of hydrogen-bond donors (Lipinski definition) is 2. The van der Waals surface area contributed by atoms with E-state index in [9.17, 15) is 4.79 Å². The van der Waals surface area contributed by atoms with Gasteiger partial charge in [-0.15, -0.1) is 0 Å². The smallest absolute Gasteiger partial charge is 0.262 e. The maximum atomic E-state index is 11.3. The summed E-state index contributed by atoms with van der Waals surface area (Å²) in [6, 6.07) is 5.96. The predicted octanol–water partition coefficient (Wildman–Crippen LogP) is 2.30. The molecule has 1 aromatic carbocycles. The Morgan fingerprint density at radius 3 is 3.00 bits per heavy atom. The average molecular weight is 260 g/mol. The van der Waals surface area contributed by atoms with E-state index in [-0.39, 0.29) is 12.5 Å². The quantitative estimate of drug-likeness (QED) is 0.873. The fourth-order valence-electron chi connectivity index (χ4n) is 2.71. The van der Waals surface area contributed by atoms with Crippen LogP contribution in [0.5, 0.6) is 5.75 Å². The van der Waals surface area contributed by atoms with Crippen molar-refractivity contribution in [3.63, 3.8) is 0 Å². The van der Waals surface area contributed by atoms with E-state index in [0.717, 1.165) is 24.5 Å². The van der Waals surface area contributed by atoms with Gasteiger partial charge in [-0.25, -0.2) is 0 Å². The summed E-state index contributed by atoms with van der Waals surface area (Å²) in [5.74, 6) is 0.675. The number of carbonyl (C=O) groups excluding carboxylic acids is 1. The van der Waals surface area contributed by atoms with Gasteiger partial charge in [0, 0.05) is 13.1 Å². The molecule has 19 heavy (non-hydrogen) atoms. The standard InChI is InChI=1S/C15H20N2O2/c1-15(5-2-6-15)10-16-8-11-3-4-13-12(7-11)17-14(18)9-19-13/h3-4,7,16H,2,5-6,8-10H2,1H3,(H,17,18). The molecule has 102 valence electrons. The van der Waals surface area contributed by atoms with Crippen molar-refractivity contribution in [2.45, 2.75) is 32.7 Å². The van der Waals surface area contributed by atoms with Crippen molar-refractivity contribution in [1.29, 1.82) is 0 Å². The average Bonchev–Trinajstić information content (AvgIpc) is 2.36. The van der Waals surface area contributed by atoms with E-state index in [0.29, 0.717) is 5.41 Å². The highest BCUT2D eigenvalue weighted by Gasteiger charge is 2.30. The van der Waals surface area contributed by atoms with E-state index in [1.54, 1.807) is 0 Å². The summed E-state index contributed by atoms with van der Waals surface area (Å²) in [5.41, 5.74) is 2.45. The molecule has 0 radical (unpaired) electrons. The van der Waals surface area contributed by atoms with Crippen molar-refractivity contribution in [3.8, 4) is 5.75 Å². The van der Waals surface area contributed by atoms with Crippen molar-refractivity contribution in [1.82, 2.24) is 5.32 Å². The Balaban J connectivity index is 1.59. The number of hydrogen-bond acceptors (Lipinski definition) is 3. The summed E-state index contributed by atoms with van der Waals surface area (Å²) in [7, 11) is 0. The molecule has 4 nitrogen and oxygen atoms in total. The van der Waals surface area contributed by atoms with Crippen molar-refractivity contribution in [2.24, 2.45) is 5.41 Å². The van der Waals surface area contributed by atoms with Gasteiger partial charge < -0.3 is 15.4 Å². The Morgan fingerprint density at radius 1 is 1.42 bits per heavy atom. The molecule has 4 heteroatoms. The Morgan fingerprint density at radius 2 is 2.26 bits per heavy atom. The molecule has 0 atom stereocenters. The second-order valence-electron chi connectivity index (χ2n) is 5.94. The zero-order chi connectivity index (χ0) is 13.3. The molecule has 2 aliphatic rings. The summed E-state index contributed by atoms with van der Waals surface area (Å²) in [5, 5.41) is 6.35. The second kappa shape index (κ2) is 4.85. The molecular formula is C15H20N2O2. The molecule has 1 saturated carbocycles. The van der Waals surface area contributed by atoms with Crippen LogP contribution < -0.4 is 15.4 Å². The topological polar surface area (TPSA) is 50.4 Å². The van der Waals surface area contributed by atoms with Gasteiger partial charge in [-0.05, 0) is 36.0 Å². The van der Waals surface area contributed by atoms with Gasteiger partial charge in [0.05, 0.1) is 5.69 Å². The van der Waals surface area contributed by atoms with Crippen LogP contribution in [0.1, 0.15) is 31.7 Å². The normalized spacial score (nSPS) is 19.9. The first-order chi connectivity index (χ1) is 9.15. The van der Waals surface area contributed by atoms with Gasteiger partial charge in [-0.1, -0.05) is 19.4 Å². The molecule has 1 aliphatic heterocycles. The predicted molar refractivity (Wildman–Crippen MR) is 74.2 cm³/mol. The lowest BCUT2D eigenvalue weighted by Crippen LogP contribution is -2.37. The first-order valence-corrected chi connectivity index (χ1v) is 6.91. The summed E-state index contributed by atoms with van der Waals surface area (Å²) in [6.45, 7) is 4.35. The van der Waals surface area contributed by atoms with Crippen LogP contribution in [0, 0.1) is 5.41 Å². The molecule has 1 aromatic rings. The van der Waals surface area contributed by atoms with Gasteiger partial charge in [0.15, 0.2) is 6.61 Å². The lowest BCUT2D eigenvalue weighted by atomic mass is 9.70. The molecule has 0 aromatic heterocycles. The third-order valence-corrected chi connectivity index (χ3v) is 4.12. The molecule has 1 amide bonds. The Labute approximate surface area is 113 Å². The van der Waals surface area contributed by atoms with Gasteiger partial charge in [0.25, 0.3) is 5.91 Å². The largest absolute Gasteiger partial charge is 0.482 e. The number of rotatable bonds is 4. The molecule has 0 saturated heterocycles. The number of nitrogens with one attached hydrogen (secondary N) is 2. The minimum Gasteiger partial charge on any atom is -0.482 e. The van der Waals surface area contributed by atoms with Crippen LogP contribution in [0.4, 0.5) is 5.69 Å². The van der Waals surface area contributed by atoms with Gasteiger partial charge in [0.1, 0.15) is 5.75 Å². The molecule has 0 unspecified atom stereocenters. The fraction of sp³-hybridized carbons (Fsp3) is 0.533. The van der Waals surface area contributed by atoms with E-state index in [4.69, 9.17) is 4.74 Å². The number of fused-ring (bicyclic) bond motifs is 1. The molecular weight excluding hydrogens is 240 g/mol. The van der Waals surface area contributed by atoms with Crippen molar-refractivity contribution < 1.29 is 9.53 Å². The highest BCUT2D eigenvalue weighted by molar-refractivity contribution is 5.95. The summed E-state index contributed by atoms with van der Waals surface area (Å²) >= 11 is 0. The van der Waals surface area contributed by atoms with E-state index in [1.165, 1.54) is 24.8 Å². The van der Waals surface area contributed by atoms with Crippen LogP contribution in [0.2, 0.25) is 0 Å². The van der Waals surface area contributed by atoms with Crippen LogP contribution >= 0.6 is 0 Å². The molecule has 2 N–H and O–H groups in total. The summed E-state index contributed by atoms with van der Waals surface area (Å²) in [4.78, 5) is 11.3. The number of benzene rings is 1. The summed E-state index contributed by atoms with van der Waals surface area (Å²) < 4.78 is 5.34. The Kier molecular flexibility index (Phi) is 3.19. The third-order valence-electron chi connectivity index (χ3n) is 4.12. The minimum absolute atomic E-state index is 0.0837. The minimum atomic E-state index is -0.0837. The molecule has 1 aliphatic carbocycles. The molecule has 3 rings (SSSR count). The van der Waals surface area contributed by atoms with E-state index in [1.807, 2.05) is 18.2 Å². The number of anilines is 1.